The first kappa shape index (κ1) is 15.9. The maximum absolute atomic E-state index is 13.3. The average Bonchev–Trinajstić information content (AvgIpc) is 2.37. The second-order valence-corrected chi connectivity index (χ2v) is 4.66. The van der Waals surface area contributed by atoms with Crippen LogP contribution in [-0.4, -0.2) is 32.3 Å². The number of hydrogen-bond acceptors (Lipinski definition) is 3. The van der Waals surface area contributed by atoms with Crippen molar-refractivity contribution in [2.45, 2.75) is 32.5 Å². The Kier molecular flexibility index (Phi) is 6.18. The van der Waals surface area contributed by atoms with E-state index in [2.05, 4.69) is 5.32 Å². The third-order valence-corrected chi connectivity index (χ3v) is 2.45. The molecule has 0 amide bonds. The third kappa shape index (κ3) is 6.50. The minimum absolute atomic E-state index is 0.168. The fourth-order valence-electron chi connectivity index (χ4n) is 1.42. The largest absolute Gasteiger partial charge is 0.388 e. The van der Waals surface area contributed by atoms with E-state index >= 15 is 0 Å². The summed E-state index contributed by atoms with van der Waals surface area (Å²) in [5, 5.41) is 2.98. The van der Waals surface area contributed by atoms with Gasteiger partial charge in [0.15, 0.2) is 0 Å². The molecule has 1 rings (SSSR count). The molecular formula is C14H21F2NO2. The van der Waals surface area contributed by atoms with Crippen molar-refractivity contribution < 1.29 is 18.3 Å². The first-order valence-electron chi connectivity index (χ1n) is 6.27. The Bertz CT molecular complexity index is 366. The molecule has 0 fully saturated rings. The molecule has 0 aliphatic carbocycles. The van der Waals surface area contributed by atoms with E-state index in [1.807, 2.05) is 31.3 Å². The first-order valence-corrected chi connectivity index (χ1v) is 6.27. The molecule has 0 aliphatic heterocycles. The van der Waals surface area contributed by atoms with Crippen LogP contribution in [0.3, 0.4) is 0 Å². The van der Waals surface area contributed by atoms with Gasteiger partial charge in [-0.25, -0.2) is 8.78 Å². The Morgan fingerprint density at radius 2 is 1.79 bits per heavy atom. The van der Waals surface area contributed by atoms with Crippen molar-refractivity contribution in [2.24, 2.45) is 0 Å². The number of hydrogen-bond donors (Lipinski definition) is 1. The van der Waals surface area contributed by atoms with Gasteiger partial charge in [-0.2, -0.15) is 0 Å². The van der Waals surface area contributed by atoms with Gasteiger partial charge in [0.05, 0.1) is 12.7 Å². The Labute approximate surface area is 112 Å². The van der Waals surface area contributed by atoms with Crippen LogP contribution in [-0.2, 0) is 16.1 Å². The molecule has 0 aromatic heterocycles. The fourth-order valence-corrected chi connectivity index (χ4v) is 1.42. The Hall–Kier alpha value is -1.20. The van der Waals surface area contributed by atoms with Gasteiger partial charge in [0.2, 0.25) is 0 Å². The Morgan fingerprint density at radius 3 is 2.32 bits per heavy atom. The highest BCUT2D eigenvalue weighted by molar-refractivity contribution is 5.43. The normalized spacial score (nSPS) is 11.9. The standard InChI is InChI=1S/C14H21F2NO2/c1-11(2)19-10-14(15,16)9-18-8-12-4-6-13(17-3)7-5-12/h4-7,11,17H,8-10H2,1-3H3. The molecule has 0 bridgehead atoms. The summed E-state index contributed by atoms with van der Waals surface area (Å²) in [4.78, 5) is 0. The average molecular weight is 273 g/mol. The number of rotatable bonds is 8. The molecule has 0 saturated carbocycles. The van der Waals surface area contributed by atoms with Crippen molar-refractivity contribution in [1.82, 2.24) is 0 Å². The SMILES string of the molecule is CNc1ccc(COCC(F)(F)COC(C)C)cc1. The lowest BCUT2D eigenvalue weighted by atomic mass is 10.2. The second kappa shape index (κ2) is 7.40. The lowest BCUT2D eigenvalue weighted by Crippen LogP contribution is -2.31. The van der Waals surface area contributed by atoms with Gasteiger partial charge in [0.25, 0.3) is 5.92 Å². The number of anilines is 1. The zero-order valence-corrected chi connectivity index (χ0v) is 11.6. The molecule has 108 valence electrons. The summed E-state index contributed by atoms with van der Waals surface area (Å²) in [7, 11) is 1.82. The third-order valence-electron chi connectivity index (χ3n) is 2.45. The van der Waals surface area contributed by atoms with Crippen molar-refractivity contribution in [3.8, 4) is 0 Å². The zero-order valence-electron chi connectivity index (χ0n) is 11.6. The maximum atomic E-state index is 13.3. The molecule has 3 nitrogen and oxygen atoms in total. The molecule has 5 heteroatoms. The van der Waals surface area contributed by atoms with Crippen LogP contribution in [0, 0.1) is 0 Å². The maximum Gasteiger partial charge on any atom is 0.293 e. The van der Waals surface area contributed by atoms with Crippen molar-refractivity contribution in [3.63, 3.8) is 0 Å². The summed E-state index contributed by atoms with van der Waals surface area (Å²) in [5.74, 6) is -2.95. The zero-order chi connectivity index (χ0) is 14.3. The van der Waals surface area contributed by atoms with Crippen LogP contribution in [0.25, 0.3) is 0 Å². The second-order valence-electron chi connectivity index (χ2n) is 4.66. The minimum Gasteiger partial charge on any atom is -0.388 e. The number of benzene rings is 1. The molecule has 1 N–H and O–H groups in total. The van der Waals surface area contributed by atoms with Crippen molar-refractivity contribution in [1.29, 1.82) is 0 Å². The summed E-state index contributed by atoms with van der Waals surface area (Å²) in [6, 6.07) is 7.43. The van der Waals surface area contributed by atoms with Crippen molar-refractivity contribution >= 4 is 5.69 Å². The summed E-state index contributed by atoms with van der Waals surface area (Å²) in [6.07, 6.45) is -0.208. The smallest absolute Gasteiger partial charge is 0.293 e. The van der Waals surface area contributed by atoms with E-state index in [0.717, 1.165) is 11.3 Å². The van der Waals surface area contributed by atoms with Crippen LogP contribution >= 0.6 is 0 Å². The molecule has 0 atom stereocenters. The monoisotopic (exact) mass is 273 g/mol. The van der Waals surface area contributed by atoms with Gasteiger partial charge >= 0.3 is 0 Å². The van der Waals surface area contributed by atoms with Crippen molar-refractivity contribution in [3.05, 3.63) is 29.8 Å². The predicted molar refractivity (Wildman–Crippen MR) is 71.7 cm³/mol. The summed E-state index contributed by atoms with van der Waals surface area (Å²) in [5.41, 5.74) is 1.83. The van der Waals surface area contributed by atoms with E-state index in [9.17, 15) is 8.78 Å². The Morgan fingerprint density at radius 1 is 1.16 bits per heavy atom. The van der Waals surface area contributed by atoms with E-state index in [1.54, 1.807) is 13.8 Å². The topological polar surface area (TPSA) is 30.5 Å². The van der Waals surface area contributed by atoms with Gasteiger partial charge in [-0.05, 0) is 31.5 Å². The van der Waals surface area contributed by atoms with Gasteiger partial charge in [-0.15, -0.1) is 0 Å². The van der Waals surface area contributed by atoms with Crippen LogP contribution < -0.4 is 5.32 Å². The van der Waals surface area contributed by atoms with Crippen LogP contribution in [0.5, 0.6) is 0 Å². The fraction of sp³-hybridized carbons (Fsp3) is 0.571. The van der Waals surface area contributed by atoms with Gasteiger partial charge in [-0.1, -0.05) is 12.1 Å². The molecule has 1 aromatic rings. The highest BCUT2D eigenvalue weighted by Crippen LogP contribution is 2.17. The highest BCUT2D eigenvalue weighted by atomic mass is 19.3. The Balaban J connectivity index is 2.31. The first-order chi connectivity index (χ1) is 8.93. The quantitative estimate of drug-likeness (QED) is 0.788. The van der Waals surface area contributed by atoms with Crippen LogP contribution in [0.4, 0.5) is 14.5 Å². The molecular weight excluding hydrogens is 252 g/mol. The van der Waals surface area contributed by atoms with Crippen LogP contribution in [0.2, 0.25) is 0 Å². The van der Waals surface area contributed by atoms with E-state index < -0.39 is 19.1 Å². The van der Waals surface area contributed by atoms with Crippen LogP contribution in [0.15, 0.2) is 24.3 Å². The lowest BCUT2D eigenvalue weighted by Gasteiger charge is -2.18. The van der Waals surface area contributed by atoms with Crippen LogP contribution in [0.1, 0.15) is 19.4 Å². The van der Waals surface area contributed by atoms with Gasteiger partial charge in [0, 0.05) is 12.7 Å². The molecule has 0 radical (unpaired) electrons. The molecule has 0 saturated heterocycles. The number of nitrogens with one attached hydrogen (secondary N) is 1. The molecule has 1 aromatic carbocycles. The predicted octanol–water partition coefficient (Wildman–Crippen LogP) is 3.31. The number of halogens is 2. The van der Waals surface area contributed by atoms with Crippen molar-refractivity contribution in [2.75, 3.05) is 25.6 Å². The van der Waals surface area contributed by atoms with E-state index in [4.69, 9.17) is 9.47 Å². The van der Waals surface area contributed by atoms with E-state index in [0.29, 0.717) is 0 Å². The van der Waals surface area contributed by atoms with Gasteiger partial charge in [-0.3, -0.25) is 0 Å². The van der Waals surface area contributed by atoms with Gasteiger partial charge in [0.1, 0.15) is 13.2 Å². The lowest BCUT2D eigenvalue weighted by molar-refractivity contribution is -0.135. The minimum atomic E-state index is -2.95. The summed E-state index contributed by atoms with van der Waals surface area (Å²) < 4.78 is 36.6. The molecule has 0 heterocycles. The molecule has 19 heavy (non-hydrogen) atoms. The van der Waals surface area contributed by atoms with E-state index in [1.165, 1.54) is 0 Å². The molecule has 0 unspecified atom stereocenters. The number of ether oxygens (including phenoxy) is 2. The molecule has 0 spiro atoms. The van der Waals surface area contributed by atoms with Gasteiger partial charge < -0.3 is 14.8 Å². The van der Waals surface area contributed by atoms with E-state index in [-0.39, 0.29) is 12.7 Å². The number of alkyl halides is 2. The highest BCUT2D eigenvalue weighted by Gasteiger charge is 2.30. The summed E-state index contributed by atoms with van der Waals surface area (Å²) in [6.45, 7) is 2.37. The summed E-state index contributed by atoms with van der Waals surface area (Å²) >= 11 is 0. The molecule has 0 aliphatic rings.